The Hall–Kier alpha value is -2.56. The molecule has 2 aromatic carbocycles. The molecular formula is C14H14FN3O. The first-order valence-corrected chi connectivity index (χ1v) is 5.74. The highest BCUT2D eigenvalue weighted by molar-refractivity contribution is 5.99. The minimum absolute atomic E-state index is 0.0460. The molecule has 2 aromatic rings. The van der Waals surface area contributed by atoms with E-state index in [2.05, 4.69) is 10.6 Å². The van der Waals surface area contributed by atoms with Crippen molar-refractivity contribution in [1.82, 2.24) is 0 Å². The van der Waals surface area contributed by atoms with Crippen LogP contribution in [0, 0.1) is 12.7 Å². The second-order valence-corrected chi connectivity index (χ2v) is 4.18. The van der Waals surface area contributed by atoms with Gasteiger partial charge in [-0.25, -0.2) is 9.18 Å². The Labute approximate surface area is 110 Å². The maximum atomic E-state index is 13.2. The smallest absolute Gasteiger partial charge is 0.323 e. The Bertz CT molecular complexity index is 613. The van der Waals surface area contributed by atoms with E-state index in [4.69, 9.17) is 5.73 Å². The number of carbonyl (C=O) groups excluding carboxylic acids is 1. The van der Waals surface area contributed by atoms with Gasteiger partial charge in [0.15, 0.2) is 0 Å². The molecular weight excluding hydrogens is 245 g/mol. The average Bonchev–Trinajstić information content (AvgIpc) is 2.34. The summed E-state index contributed by atoms with van der Waals surface area (Å²) < 4.78 is 13.2. The minimum Gasteiger partial charge on any atom is -0.396 e. The molecule has 0 heterocycles. The Morgan fingerprint density at radius 1 is 1.11 bits per heavy atom. The van der Waals surface area contributed by atoms with Crippen LogP contribution in [0.2, 0.25) is 0 Å². The highest BCUT2D eigenvalue weighted by atomic mass is 19.1. The van der Waals surface area contributed by atoms with Crippen molar-refractivity contribution in [3.63, 3.8) is 0 Å². The van der Waals surface area contributed by atoms with Gasteiger partial charge >= 0.3 is 6.03 Å². The van der Waals surface area contributed by atoms with Crippen LogP contribution >= 0.6 is 0 Å². The quantitative estimate of drug-likeness (QED) is 0.724. The number of nitrogens with two attached hydrogens (primary N) is 1. The molecule has 5 heteroatoms. The van der Waals surface area contributed by atoms with Crippen molar-refractivity contribution in [2.75, 3.05) is 16.4 Å². The van der Waals surface area contributed by atoms with Crippen molar-refractivity contribution in [3.05, 3.63) is 53.8 Å². The number of nitrogens with one attached hydrogen (secondary N) is 2. The van der Waals surface area contributed by atoms with E-state index in [0.29, 0.717) is 11.4 Å². The maximum Gasteiger partial charge on any atom is 0.323 e. The van der Waals surface area contributed by atoms with Crippen molar-refractivity contribution in [1.29, 1.82) is 0 Å². The SMILES string of the molecule is Cc1cccc(NC(=O)Nc2ccc(N)c(F)c2)c1. The molecule has 2 amide bonds. The Kier molecular flexibility index (Phi) is 3.66. The summed E-state index contributed by atoms with van der Waals surface area (Å²) in [7, 11) is 0. The lowest BCUT2D eigenvalue weighted by molar-refractivity contribution is 0.262. The molecule has 0 unspecified atom stereocenters. The molecule has 0 spiro atoms. The van der Waals surface area contributed by atoms with Gasteiger partial charge in [-0.15, -0.1) is 0 Å². The number of amides is 2. The van der Waals surface area contributed by atoms with Gasteiger partial charge in [-0.3, -0.25) is 0 Å². The van der Waals surface area contributed by atoms with E-state index in [9.17, 15) is 9.18 Å². The fraction of sp³-hybridized carbons (Fsp3) is 0.0714. The summed E-state index contributed by atoms with van der Waals surface area (Å²) in [5, 5.41) is 5.19. The third-order valence-corrected chi connectivity index (χ3v) is 2.53. The van der Waals surface area contributed by atoms with Gasteiger partial charge < -0.3 is 16.4 Å². The van der Waals surface area contributed by atoms with Crippen LogP contribution in [0.4, 0.5) is 26.2 Å². The van der Waals surface area contributed by atoms with Crippen LogP contribution in [0.3, 0.4) is 0 Å². The van der Waals surface area contributed by atoms with E-state index >= 15 is 0 Å². The fourth-order valence-corrected chi connectivity index (χ4v) is 1.62. The lowest BCUT2D eigenvalue weighted by atomic mass is 10.2. The molecule has 0 aromatic heterocycles. The number of urea groups is 1. The average molecular weight is 259 g/mol. The van der Waals surface area contributed by atoms with Crippen molar-refractivity contribution in [2.45, 2.75) is 6.92 Å². The first kappa shape index (κ1) is 12.9. The molecule has 0 aliphatic carbocycles. The van der Waals surface area contributed by atoms with Crippen LogP contribution in [-0.4, -0.2) is 6.03 Å². The molecule has 0 saturated heterocycles. The number of rotatable bonds is 2. The maximum absolute atomic E-state index is 13.2. The van der Waals surface area contributed by atoms with Crippen molar-refractivity contribution in [3.8, 4) is 0 Å². The second kappa shape index (κ2) is 5.39. The number of halogens is 1. The van der Waals surface area contributed by atoms with Crippen LogP contribution in [0.5, 0.6) is 0 Å². The number of aryl methyl sites for hydroxylation is 1. The summed E-state index contributed by atoms with van der Waals surface area (Å²) in [4.78, 5) is 11.7. The standard InChI is InChI=1S/C14H14FN3O/c1-9-3-2-4-10(7-9)17-14(19)18-11-5-6-13(16)12(15)8-11/h2-8H,16H2,1H3,(H2,17,18,19). The summed E-state index contributed by atoms with van der Waals surface area (Å²) in [5.41, 5.74) is 7.46. The number of nitrogen functional groups attached to an aromatic ring is 1. The third-order valence-electron chi connectivity index (χ3n) is 2.53. The van der Waals surface area contributed by atoms with Crippen LogP contribution in [0.1, 0.15) is 5.56 Å². The van der Waals surface area contributed by atoms with E-state index in [1.807, 2.05) is 25.1 Å². The largest absolute Gasteiger partial charge is 0.396 e. The Balaban J connectivity index is 2.03. The van der Waals surface area contributed by atoms with Crippen molar-refractivity contribution >= 4 is 23.1 Å². The fourth-order valence-electron chi connectivity index (χ4n) is 1.62. The molecule has 0 atom stereocenters. The Morgan fingerprint density at radius 3 is 2.42 bits per heavy atom. The normalized spacial score (nSPS) is 10.0. The molecule has 0 radical (unpaired) electrons. The summed E-state index contributed by atoms with van der Waals surface area (Å²) in [6, 6.07) is 11.1. The van der Waals surface area contributed by atoms with Gasteiger partial charge in [0.05, 0.1) is 5.69 Å². The molecule has 4 nitrogen and oxygen atoms in total. The summed E-state index contributed by atoms with van der Waals surface area (Å²) in [5.74, 6) is -0.562. The molecule has 0 bridgehead atoms. The zero-order valence-corrected chi connectivity index (χ0v) is 10.4. The van der Waals surface area contributed by atoms with E-state index < -0.39 is 11.8 Å². The topological polar surface area (TPSA) is 67.2 Å². The summed E-state index contributed by atoms with van der Waals surface area (Å²) in [6.07, 6.45) is 0. The van der Waals surface area contributed by atoms with E-state index in [0.717, 1.165) is 5.56 Å². The first-order valence-electron chi connectivity index (χ1n) is 5.74. The van der Waals surface area contributed by atoms with Crippen molar-refractivity contribution in [2.24, 2.45) is 0 Å². The number of hydrogen-bond acceptors (Lipinski definition) is 2. The van der Waals surface area contributed by atoms with E-state index in [1.54, 1.807) is 6.07 Å². The predicted octanol–water partition coefficient (Wildman–Crippen LogP) is 3.36. The zero-order chi connectivity index (χ0) is 13.8. The number of hydrogen-bond donors (Lipinski definition) is 3. The monoisotopic (exact) mass is 259 g/mol. The van der Waals surface area contributed by atoms with E-state index in [-0.39, 0.29) is 5.69 Å². The summed E-state index contributed by atoms with van der Waals surface area (Å²) >= 11 is 0. The van der Waals surface area contributed by atoms with Crippen LogP contribution in [-0.2, 0) is 0 Å². The molecule has 0 aliphatic rings. The molecule has 4 N–H and O–H groups in total. The first-order chi connectivity index (χ1) is 9.04. The molecule has 0 aliphatic heterocycles. The van der Waals surface area contributed by atoms with Gasteiger partial charge in [-0.2, -0.15) is 0 Å². The second-order valence-electron chi connectivity index (χ2n) is 4.18. The van der Waals surface area contributed by atoms with Gasteiger partial charge in [0.25, 0.3) is 0 Å². The molecule has 0 saturated carbocycles. The lowest BCUT2D eigenvalue weighted by Gasteiger charge is -2.08. The highest BCUT2D eigenvalue weighted by Crippen LogP contribution is 2.16. The third kappa shape index (κ3) is 3.45. The van der Waals surface area contributed by atoms with Crippen LogP contribution < -0.4 is 16.4 Å². The number of carbonyl (C=O) groups is 1. The number of anilines is 3. The van der Waals surface area contributed by atoms with Crippen LogP contribution in [0.15, 0.2) is 42.5 Å². The molecule has 2 rings (SSSR count). The predicted molar refractivity (Wildman–Crippen MR) is 74.6 cm³/mol. The van der Waals surface area contributed by atoms with Gasteiger partial charge in [-0.05, 0) is 42.8 Å². The Morgan fingerprint density at radius 2 is 1.79 bits per heavy atom. The van der Waals surface area contributed by atoms with Gasteiger partial charge in [-0.1, -0.05) is 12.1 Å². The molecule has 98 valence electrons. The van der Waals surface area contributed by atoms with Gasteiger partial charge in [0.2, 0.25) is 0 Å². The highest BCUT2D eigenvalue weighted by Gasteiger charge is 2.05. The number of benzene rings is 2. The zero-order valence-electron chi connectivity index (χ0n) is 10.4. The molecule has 19 heavy (non-hydrogen) atoms. The minimum atomic E-state index is -0.562. The summed E-state index contributed by atoms with van der Waals surface area (Å²) in [6.45, 7) is 1.93. The lowest BCUT2D eigenvalue weighted by Crippen LogP contribution is -2.19. The molecule has 0 fully saturated rings. The van der Waals surface area contributed by atoms with E-state index in [1.165, 1.54) is 18.2 Å². The van der Waals surface area contributed by atoms with Gasteiger partial charge in [0, 0.05) is 11.4 Å². The van der Waals surface area contributed by atoms with Crippen LogP contribution in [0.25, 0.3) is 0 Å². The van der Waals surface area contributed by atoms with Crippen molar-refractivity contribution < 1.29 is 9.18 Å². The van der Waals surface area contributed by atoms with Gasteiger partial charge in [0.1, 0.15) is 5.82 Å².